The van der Waals surface area contributed by atoms with Gasteiger partial charge in [-0.15, -0.1) is 12.4 Å². The number of para-hydroxylation sites is 3. The molecule has 3 saturated heterocycles. The average Bonchev–Trinajstić information content (AvgIpc) is 1.62. The van der Waals surface area contributed by atoms with Crippen LogP contribution >= 0.6 is 24.0 Å². The number of hydrogen-bond donors (Lipinski definition) is 6. The van der Waals surface area contributed by atoms with Gasteiger partial charge in [-0.3, -0.25) is 43.2 Å². The number of rotatable bonds is 11. The van der Waals surface area contributed by atoms with Gasteiger partial charge in [0.25, 0.3) is 6.47 Å². The molecule has 3 aliphatic heterocycles. The number of halogens is 8. The third-order valence-electron chi connectivity index (χ3n) is 35.2. The number of fused-ring (bicyclic) bond motifs is 24. The van der Waals surface area contributed by atoms with Crippen molar-refractivity contribution in [2.45, 2.75) is 167 Å². The largest absolute Gasteiger partial charge is 1.00 e. The van der Waals surface area contributed by atoms with Crippen molar-refractivity contribution in [2.75, 3.05) is 76.0 Å². The first-order chi connectivity index (χ1) is 63.0. The summed E-state index contributed by atoms with van der Waals surface area (Å²) in [4.78, 5) is 130. The summed E-state index contributed by atoms with van der Waals surface area (Å²) in [6.45, 7) is 13.9. The van der Waals surface area contributed by atoms with Gasteiger partial charge in [0, 0.05) is 104 Å². The molecule has 3 aromatic carbocycles. The Kier molecular flexibility index (Phi) is 31.2. The van der Waals surface area contributed by atoms with Gasteiger partial charge in [-0.05, 0) is 245 Å². The summed E-state index contributed by atoms with van der Waals surface area (Å²) in [6.07, 6.45) is 3.69. The van der Waals surface area contributed by atoms with Gasteiger partial charge >= 0.3 is 115 Å². The van der Waals surface area contributed by atoms with E-state index >= 15 is 26.3 Å². The molecule has 12 fully saturated rings. The minimum Gasteiger partial charge on any atom is -1.00 e. The van der Waals surface area contributed by atoms with Gasteiger partial charge in [0.05, 0.1) is 51.1 Å². The zero-order chi connectivity index (χ0) is 95.8. The maximum Gasteiger partial charge on any atom is 1.00 e. The molecule has 15 aliphatic rings. The van der Waals surface area contributed by atoms with Gasteiger partial charge in [-0.1, -0.05) is 105 Å². The van der Waals surface area contributed by atoms with Crippen LogP contribution in [0.4, 0.5) is 38.0 Å². The number of ketones is 6. The van der Waals surface area contributed by atoms with Crippen LogP contribution in [-0.4, -0.2) is 214 Å². The van der Waals surface area contributed by atoms with Crippen LogP contribution in [0.2, 0.25) is 5.15 Å². The van der Waals surface area contributed by atoms with Gasteiger partial charge < -0.3 is 61.7 Å². The number of anilines is 2. The summed E-state index contributed by atoms with van der Waals surface area (Å²) < 4.78 is 110. The van der Waals surface area contributed by atoms with E-state index in [2.05, 4.69) is 25.0 Å². The summed E-state index contributed by atoms with van der Waals surface area (Å²) in [5.41, 5.74) is -13.7. The van der Waals surface area contributed by atoms with Crippen molar-refractivity contribution in [1.29, 1.82) is 0 Å². The maximum atomic E-state index is 17.7. The molecule has 9 saturated carbocycles. The predicted molar refractivity (Wildman–Crippen MR) is 486 cm³/mol. The number of hydrogen-bond acceptors (Lipinski definition) is 24. The monoisotopic (exact) mass is 1970 g/mol. The second-order valence-corrected chi connectivity index (χ2v) is 40.8. The van der Waals surface area contributed by atoms with E-state index in [4.69, 9.17) is 46.2 Å². The Hall–Kier alpha value is -6.49. The smallest absolute Gasteiger partial charge is 1.00 e. The number of Topliss-reactive ketones (excluding diaryl/α,β-unsaturated/α-hetero) is 3. The van der Waals surface area contributed by atoms with Crippen LogP contribution in [0.5, 0.6) is 0 Å². The fraction of sp³-hybridized carbons (Fsp3) is 0.529. The van der Waals surface area contributed by atoms with Crippen LogP contribution in [0, 0.1) is 102 Å². The first-order valence-electron chi connectivity index (χ1n) is 45.5. The topological polar surface area (TPSA) is 363 Å². The zero-order valence-corrected chi connectivity index (χ0v) is 85.7. The van der Waals surface area contributed by atoms with Crippen molar-refractivity contribution in [3.05, 3.63) is 186 Å². The number of nitrogens with one attached hydrogen (secondary N) is 1. The Labute approximate surface area is 882 Å². The number of nitrogens with zero attached hydrogens (tertiary/aromatic N) is 5. The van der Waals surface area contributed by atoms with Crippen molar-refractivity contribution >= 4 is 121 Å². The van der Waals surface area contributed by atoms with E-state index in [9.17, 15) is 58.8 Å². The molecule has 6 heterocycles. The van der Waals surface area contributed by atoms with Crippen LogP contribution < -0.4 is 123 Å². The van der Waals surface area contributed by atoms with E-state index in [1.807, 2.05) is 124 Å². The number of aliphatic hydroxyl groups is 5. The summed E-state index contributed by atoms with van der Waals surface area (Å²) in [5.74, 6) is -5.87. The van der Waals surface area contributed by atoms with E-state index in [-0.39, 0.29) is 256 Å². The SMILES string of the molecule is CC(=O)OCC(=O)[C@@]12CN(c3ccc4ccccc4n3)C[C@@H]1C[C@H]1[C@@H]3C[C@H](F)C4=CC(=O)C=C[C@]4(C)[C@@]3(F)[C@@H](O)C[C@@]12C.CC(=O)OCC(=O)[C@@]12CNC[C@@H]1C[C@H]1[C@@H]3C[C@H](F)C4=CC(=O)C=C[C@]4(C)[C@@]3(F)[C@@H](O)C[C@@]12C.CO.C[C@]12C=CC(=O)C=C1[C@@H](F)C[C@H]1[C@@H]3C[C@H]4CN(c5ccc6ccccc6n5)C[C@@]4(C(=O)CO)[C@@]3(C)C[C@H](O)[C@@]12F.Cl.Clc1ccc2ccccc2n1.O=CO[O-].[H-].[K+].[K+]. The van der Waals surface area contributed by atoms with Crippen LogP contribution in [0.3, 0.4) is 0 Å². The molecule has 27 atom stereocenters. The first-order valence-corrected chi connectivity index (χ1v) is 45.9. The third-order valence-corrected chi connectivity index (χ3v) is 35.5. The number of alkyl halides is 6. The Morgan fingerprint density at radius 1 is 0.500 bits per heavy atom. The molecule has 718 valence electrons. The second kappa shape index (κ2) is 39.7. The molecule has 6 aromatic rings. The van der Waals surface area contributed by atoms with Crippen molar-refractivity contribution < 1.29 is 219 Å². The molecule has 6 N–H and O–H groups in total. The minimum atomic E-state index is -2.22. The summed E-state index contributed by atoms with van der Waals surface area (Å²) >= 11 is 5.71. The van der Waals surface area contributed by atoms with Crippen LogP contribution in [0.25, 0.3) is 32.7 Å². The fourth-order valence-corrected chi connectivity index (χ4v) is 29.5. The van der Waals surface area contributed by atoms with Gasteiger partial charge in [-0.25, -0.2) is 41.3 Å². The van der Waals surface area contributed by atoms with E-state index in [0.29, 0.717) is 63.0 Å². The number of carbonyl (C=O) groups is 9. The molecule has 24 nitrogen and oxygen atoms in total. The molecule has 0 radical (unpaired) electrons. The van der Waals surface area contributed by atoms with Crippen LogP contribution in [-0.2, 0) is 57.5 Å². The predicted octanol–water partition coefficient (Wildman–Crippen LogP) is 6.59. The Balaban J connectivity index is 0.000000168. The first kappa shape index (κ1) is 107. The third kappa shape index (κ3) is 16.2. The Morgan fingerprint density at radius 2 is 0.824 bits per heavy atom. The molecule has 21 rings (SSSR count). The summed E-state index contributed by atoms with van der Waals surface area (Å²) in [5, 5.41) is 67.5. The molecule has 0 unspecified atom stereocenters. The molecule has 136 heavy (non-hydrogen) atoms. The van der Waals surface area contributed by atoms with E-state index in [1.54, 1.807) is 26.8 Å². The van der Waals surface area contributed by atoms with E-state index in [0.717, 1.165) is 45.6 Å². The standard InChI is InChI=1S/C34H36F2N2O5.C32H34F2N2O4.C25H31F2NO5.C9H6ClN.CH2O3.CH4O.ClH.2K.H/c1-19(39)43-17-29(42)33-18-38(30-9-8-20-6-4-5-7-27(20)37-30)16-21(33)12-23-24-14-26(35)25-13-22(40)10-11-31(25,2)34(24,36)28(41)15-32(23,33)3;1-29-10-9-20(38)12-23(29)24(33)13-22-21-11-19-15-36(28-8-7-18-5-3-4-6-25(18)35-28)17-31(19,27(40)16-37)30(21,2)14-26(39)32(22,29)34;1-13(29)33-11-21(32)24-12-28-10-14(24)6-16-17-8-19(26)18-7-15(30)4-5-22(18,2)25(17,27)20(31)9-23(16,24)3;10-9-6-5-7-3-1-2-4-8(7)11-9;2-1-4-3;1-2;;;;/h4-11,13,21,23-24,26,28,41H,12,14-18H2,1-3H3;3-10,12,19,21-22,24,26,37,39H,11,13-17H2,1-2H3;4-5,7,14,16-17,19-20,28,31H,6,8-12H2,1-3H3;1-6H;1,3H;2H,1H3;1H;;;/q;;;;;;;2*+1;-1/p-1/t21-,23-,24-,26-,28-,31-,32-,33+,34-;19-,21-,22-,24-,26-,29-,30-,31+,32-;14-,16-,17-,19-,20-,22-,23-,24+,25-;;;;;;;/m000......./s1. The number of esters is 2. The number of aliphatic hydroxyl groups excluding tert-OH is 5. The average molecular weight is 1980 g/mol. The van der Waals surface area contributed by atoms with Gasteiger partial charge in [0.15, 0.2) is 64.9 Å². The quantitative estimate of drug-likeness (QED) is 0.0151. The zero-order valence-electron chi connectivity index (χ0n) is 78.9. The van der Waals surface area contributed by atoms with Crippen molar-refractivity contribution in [3.63, 3.8) is 0 Å². The fourth-order valence-electron chi connectivity index (χ4n) is 29.3. The van der Waals surface area contributed by atoms with Crippen LogP contribution in [0.1, 0.15) is 115 Å². The molecular formula is C102H114Cl2F6K2N6O18. The number of pyridine rings is 3. The molecule has 0 bridgehead atoms. The van der Waals surface area contributed by atoms with Crippen molar-refractivity contribution in [3.8, 4) is 0 Å². The molecule has 0 spiro atoms. The van der Waals surface area contributed by atoms with Crippen molar-refractivity contribution in [1.82, 2.24) is 20.3 Å². The molecule has 0 amide bonds. The van der Waals surface area contributed by atoms with Gasteiger partial charge in [0.2, 0.25) is 0 Å². The number of ether oxygens (including phenoxy) is 2. The minimum absolute atomic E-state index is 0. The normalized spacial score (nSPS) is 39.1. The van der Waals surface area contributed by atoms with Gasteiger partial charge in [-0.2, -0.15) is 0 Å². The Bertz CT molecular complexity index is 5950. The summed E-state index contributed by atoms with van der Waals surface area (Å²) in [7, 11) is 1.00. The number of allylic oxidation sites excluding steroid dienone is 12. The Morgan fingerprint density at radius 3 is 1.18 bits per heavy atom. The molecule has 3 aromatic heterocycles. The maximum absolute atomic E-state index is 17.7. The number of benzene rings is 3. The van der Waals surface area contributed by atoms with Gasteiger partial charge in [0.1, 0.15) is 41.9 Å². The van der Waals surface area contributed by atoms with Crippen LogP contribution in [0.15, 0.2) is 181 Å². The molecule has 34 heteroatoms. The second-order valence-electron chi connectivity index (χ2n) is 40.4. The summed E-state index contributed by atoms with van der Waals surface area (Å²) in [6, 6.07) is 35.1. The van der Waals surface area contributed by atoms with E-state index in [1.165, 1.54) is 68.5 Å². The van der Waals surface area contributed by atoms with E-state index < -0.39 is 151 Å². The molecular weight excluding hydrogens is 1860 g/mol. The number of aromatic nitrogens is 3. The van der Waals surface area contributed by atoms with Crippen molar-refractivity contribution in [2.24, 2.45) is 102 Å². The number of carbonyl (C=O) groups excluding carboxylic acids is 9. The molecule has 12 aliphatic carbocycles.